The molecule has 0 bridgehead atoms. The van der Waals surface area contributed by atoms with Crippen LogP contribution in [0, 0.1) is 12.3 Å². The molecule has 0 radical (unpaired) electrons. The summed E-state index contributed by atoms with van der Waals surface area (Å²) < 4.78 is 31.8. The summed E-state index contributed by atoms with van der Waals surface area (Å²) in [6.07, 6.45) is 5.32. The Morgan fingerprint density at radius 2 is 1.97 bits per heavy atom. The van der Waals surface area contributed by atoms with Crippen molar-refractivity contribution in [1.29, 1.82) is 5.41 Å². The third kappa shape index (κ3) is 7.61. The molecule has 10 nitrogen and oxygen atoms in total. The van der Waals surface area contributed by atoms with Crippen molar-refractivity contribution in [1.82, 2.24) is 20.6 Å². The minimum absolute atomic E-state index is 0.0235. The van der Waals surface area contributed by atoms with E-state index >= 15 is 0 Å². The smallest absolute Gasteiger partial charge is 0.229 e. The second-order valence-electron chi connectivity index (χ2n) is 9.98. The van der Waals surface area contributed by atoms with Crippen LogP contribution in [0.25, 0.3) is 0 Å². The predicted molar refractivity (Wildman–Crippen MR) is 159 cm³/mol. The van der Waals surface area contributed by atoms with Crippen molar-refractivity contribution in [2.24, 2.45) is 0 Å². The number of ether oxygens (including phenoxy) is 1. The van der Waals surface area contributed by atoms with E-state index in [2.05, 4.69) is 44.2 Å². The number of aryl methyl sites for hydroxylation is 1. The Labute approximate surface area is 236 Å². The van der Waals surface area contributed by atoms with Crippen LogP contribution in [0.5, 0.6) is 5.75 Å². The normalized spacial score (nSPS) is 15.6. The SMILES string of the molecule is CCC(C)S(=O)(=O)C(=N)/C(=C\NC)Nc1nc(Nc2cc(C)c(C3CCNCC3)cc2OC(C)C)ncc1Cl. The molecule has 39 heavy (non-hydrogen) atoms. The van der Waals surface area contributed by atoms with E-state index in [-0.39, 0.29) is 28.6 Å². The first-order valence-corrected chi connectivity index (χ1v) is 15.2. The fraction of sp³-hybridized carbons (Fsp3) is 0.519. The van der Waals surface area contributed by atoms with E-state index in [4.69, 9.17) is 21.7 Å². The molecule has 0 aliphatic carbocycles. The standard InChI is InChI=1S/C27H40ClN7O3S/c1-7-18(5)39(36,37)25(29)23(15-30-6)33-26-21(28)14-32-27(35-26)34-22-12-17(4)20(13-24(22)38-16(2)3)19-8-10-31-11-9-19/h12-16,18-19,29-31H,7-11H2,1-6H3,(H2,32,33,34,35)/b23-15+,29-25?. The van der Waals surface area contributed by atoms with Gasteiger partial charge in [0.25, 0.3) is 0 Å². The average Bonchev–Trinajstić information content (AvgIpc) is 2.90. The first kappa shape index (κ1) is 30.6. The zero-order valence-electron chi connectivity index (χ0n) is 23.5. The van der Waals surface area contributed by atoms with Crippen molar-refractivity contribution < 1.29 is 13.2 Å². The van der Waals surface area contributed by atoms with Crippen LogP contribution in [0.2, 0.25) is 5.02 Å². The summed E-state index contributed by atoms with van der Waals surface area (Å²) in [5.74, 6) is 1.57. The molecule has 1 fully saturated rings. The van der Waals surface area contributed by atoms with Crippen molar-refractivity contribution in [2.45, 2.75) is 71.2 Å². The topological polar surface area (TPSA) is 141 Å². The Morgan fingerprint density at radius 3 is 2.59 bits per heavy atom. The van der Waals surface area contributed by atoms with E-state index in [1.165, 1.54) is 18.0 Å². The van der Waals surface area contributed by atoms with Crippen LogP contribution in [0.1, 0.15) is 64.0 Å². The largest absolute Gasteiger partial charge is 0.489 e. The van der Waals surface area contributed by atoms with Gasteiger partial charge in [0, 0.05) is 13.2 Å². The van der Waals surface area contributed by atoms with Gasteiger partial charge in [-0.25, -0.2) is 13.4 Å². The fourth-order valence-corrected chi connectivity index (χ4v) is 5.76. The maximum Gasteiger partial charge on any atom is 0.229 e. The number of hydrogen-bond acceptors (Lipinski definition) is 10. The molecule has 3 rings (SSSR count). The van der Waals surface area contributed by atoms with Gasteiger partial charge < -0.3 is 26.0 Å². The molecule has 1 saturated heterocycles. The Morgan fingerprint density at radius 1 is 1.28 bits per heavy atom. The van der Waals surface area contributed by atoms with Crippen molar-refractivity contribution in [3.8, 4) is 5.75 Å². The molecule has 1 aliphatic rings. The Hall–Kier alpha value is -2.89. The molecule has 0 amide bonds. The molecule has 1 aromatic heterocycles. The summed E-state index contributed by atoms with van der Waals surface area (Å²) in [6.45, 7) is 11.4. The molecule has 1 aromatic carbocycles. The molecule has 12 heteroatoms. The molecule has 0 saturated carbocycles. The summed E-state index contributed by atoms with van der Waals surface area (Å²) in [7, 11) is -2.23. The number of nitrogens with zero attached hydrogens (tertiary/aromatic N) is 2. The van der Waals surface area contributed by atoms with Crippen LogP contribution in [-0.4, -0.2) is 54.9 Å². The molecule has 1 atom stereocenters. The Balaban J connectivity index is 1.93. The van der Waals surface area contributed by atoms with E-state index in [1.807, 2.05) is 19.9 Å². The van der Waals surface area contributed by atoms with Crippen LogP contribution in [0.15, 0.2) is 30.2 Å². The van der Waals surface area contributed by atoms with Crippen molar-refractivity contribution >= 4 is 43.9 Å². The first-order chi connectivity index (χ1) is 18.5. The van der Waals surface area contributed by atoms with E-state index < -0.39 is 20.1 Å². The van der Waals surface area contributed by atoms with E-state index in [0.717, 1.165) is 31.5 Å². The Kier molecular flexibility index (Phi) is 10.6. The minimum atomic E-state index is -3.85. The summed E-state index contributed by atoms with van der Waals surface area (Å²) in [4.78, 5) is 8.81. The highest BCUT2D eigenvalue weighted by molar-refractivity contribution is 8.07. The molecule has 2 heterocycles. The highest BCUT2D eigenvalue weighted by atomic mass is 35.5. The van der Waals surface area contributed by atoms with Crippen LogP contribution >= 0.6 is 11.6 Å². The lowest BCUT2D eigenvalue weighted by Crippen LogP contribution is -2.29. The summed E-state index contributed by atoms with van der Waals surface area (Å²) in [5, 5.41) is 19.6. The fourth-order valence-electron chi connectivity index (χ4n) is 4.37. The van der Waals surface area contributed by atoms with Gasteiger partial charge in [-0.05, 0) is 89.2 Å². The van der Waals surface area contributed by atoms with E-state index in [1.54, 1.807) is 20.9 Å². The lowest BCUT2D eigenvalue weighted by atomic mass is 9.87. The van der Waals surface area contributed by atoms with Gasteiger partial charge in [-0.2, -0.15) is 4.98 Å². The van der Waals surface area contributed by atoms with Gasteiger partial charge in [0.05, 0.1) is 28.9 Å². The number of rotatable bonds is 11. The maximum atomic E-state index is 12.8. The van der Waals surface area contributed by atoms with Gasteiger partial charge in [-0.1, -0.05) is 18.5 Å². The number of nitrogens with one attached hydrogen (secondary N) is 5. The summed E-state index contributed by atoms with van der Waals surface area (Å²) in [5.41, 5.74) is 3.16. The summed E-state index contributed by atoms with van der Waals surface area (Å²) in [6, 6.07) is 4.15. The van der Waals surface area contributed by atoms with Gasteiger partial charge in [0.2, 0.25) is 5.95 Å². The van der Waals surface area contributed by atoms with Crippen LogP contribution in [0.3, 0.4) is 0 Å². The monoisotopic (exact) mass is 577 g/mol. The van der Waals surface area contributed by atoms with Crippen molar-refractivity contribution in [2.75, 3.05) is 30.8 Å². The highest BCUT2D eigenvalue weighted by Gasteiger charge is 2.28. The molecule has 1 unspecified atom stereocenters. The van der Waals surface area contributed by atoms with Gasteiger partial charge in [0.1, 0.15) is 10.8 Å². The van der Waals surface area contributed by atoms with Crippen LogP contribution in [-0.2, 0) is 9.84 Å². The molecule has 214 valence electrons. The van der Waals surface area contributed by atoms with Gasteiger partial charge in [0.15, 0.2) is 20.7 Å². The number of piperidine rings is 1. The number of hydrogen-bond donors (Lipinski definition) is 5. The quantitative estimate of drug-likeness (QED) is 0.182. The molecule has 5 N–H and O–H groups in total. The van der Waals surface area contributed by atoms with Crippen LogP contribution in [0.4, 0.5) is 17.5 Å². The maximum absolute atomic E-state index is 12.8. The number of halogens is 1. The predicted octanol–water partition coefficient (Wildman–Crippen LogP) is 5.10. The zero-order chi connectivity index (χ0) is 28.7. The van der Waals surface area contributed by atoms with Gasteiger partial charge >= 0.3 is 0 Å². The number of anilines is 3. The molecular formula is C27H40ClN7O3S. The molecule has 2 aromatic rings. The van der Waals surface area contributed by atoms with Crippen molar-refractivity contribution in [3.63, 3.8) is 0 Å². The number of sulfone groups is 1. The second kappa shape index (κ2) is 13.5. The van der Waals surface area contributed by atoms with Gasteiger partial charge in [-0.15, -0.1) is 0 Å². The van der Waals surface area contributed by atoms with E-state index in [0.29, 0.717) is 23.8 Å². The molecule has 0 spiro atoms. The van der Waals surface area contributed by atoms with Crippen molar-refractivity contribution in [3.05, 3.63) is 46.4 Å². The third-order valence-electron chi connectivity index (χ3n) is 6.68. The van der Waals surface area contributed by atoms with Crippen LogP contribution < -0.4 is 26.0 Å². The lowest BCUT2D eigenvalue weighted by Gasteiger charge is -2.26. The zero-order valence-corrected chi connectivity index (χ0v) is 25.1. The second-order valence-corrected chi connectivity index (χ2v) is 12.7. The highest BCUT2D eigenvalue weighted by Crippen LogP contribution is 2.37. The first-order valence-electron chi connectivity index (χ1n) is 13.3. The number of benzene rings is 1. The van der Waals surface area contributed by atoms with E-state index in [9.17, 15) is 8.42 Å². The average molecular weight is 578 g/mol. The molecular weight excluding hydrogens is 538 g/mol. The third-order valence-corrected chi connectivity index (χ3v) is 9.13. The minimum Gasteiger partial charge on any atom is -0.489 e. The summed E-state index contributed by atoms with van der Waals surface area (Å²) >= 11 is 6.37. The number of aromatic nitrogens is 2. The lowest BCUT2D eigenvalue weighted by molar-refractivity contribution is 0.243. The van der Waals surface area contributed by atoms with Gasteiger partial charge in [-0.3, -0.25) is 5.41 Å². The molecule has 1 aliphatic heterocycles. The Bertz CT molecular complexity index is 1310.